The number of aromatic nitrogens is 2. The number of amides is 1. The van der Waals surface area contributed by atoms with Crippen molar-refractivity contribution in [3.05, 3.63) is 36.0 Å². The molecule has 1 aromatic carbocycles. The second-order valence-corrected chi connectivity index (χ2v) is 6.85. The molecule has 1 aliphatic rings. The Morgan fingerprint density at radius 1 is 1.30 bits per heavy atom. The van der Waals surface area contributed by atoms with Crippen LogP contribution in [0.2, 0.25) is 0 Å². The van der Waals surface area contributed by atoms with Crippen molar-refractivity contribution >= 4 is 17.5 Å². The maximum Gasteiger partial charge on any atom is 0.222 e. The van der Waals surface area contributed by atoms with Crippen LogP contribution in [0.25, 0.3) is 5.69 Å². The number of carbonyl (C=O) groups excluding carboxylic acids is 2. The largest absolute Gasteiger partial charge is 0.497 e. The Morgan fingerprint density at radius 2 is 2.04 bits per heavy atom. The number of ketones is 1. The van der Waals surface area contributed by atoms with Crippen LogP contribution in [0.4, 0.5) is 5.82 Å². The predicted molar refractivity (Wildman–Crippen MR) is 103 cm³/mol. The number of anilines is 1. The molecule has 1 aliphatic heterocycles. The summed E-state index contributed by atoms with van der Waals surface area (Å²) in [5.74, 6) is 0.913. The molecule has 7 nitrogen and oxygen atoms in total. The third-order valence-corrected chi connectivity index (χ3v) is 5.00. The lowest BCUT2D eigenvalue weighted by molar-refractivity contribution is -0.132. The molecular formula is C20H26N4O3. The van der Waals surface area contributed by atoms with Gasteiger partial charge in [0.05, 0.1) is 24.6 Å². The van der Waals surface area contributed by atoms with Crippen LogP contribution in [-0.4, -0.2) is 46.6 Å². The Labute approximate surface area is 159 Å². The Hall–Kier alpha value is -2.83. The van der Waals surface area contributed by atoms with Crippen LogP contribution in [0.1, 0.15) is 43.0 Å². The van der Waals surface area contributed by atoms with Crippen molar-refractivity contribution in [1.82, 2.24) is 14.7 Å². The number of carbonyl (C=O) groups is 2. The van der Waals surface area contributed by atoms with Crippen LogP contribution < -0.4 is 10.5 Å². The highest BCUT2D eigenvalue weighted by atomic mass is 16.5. The fraction of sp³-hybridized carbons (Fsp3) is 0.450. The number of likely N-dealkylation sites (tertiary alicyclic amines) is 1. The molecule has 27 heavy (non-hydrogen) atoms. The van der Waals surface area contributed by atoms with Crippen molar-refractivity contribution < 1.29 is 14.3 Å². The van der Waals surface area contributed by atoms with E-state index in [1.165, 1.54) is 6.20 Å². The van der Waals surface area contributed by atoms with Crippen LogP contribution in [0.3, 0.4) is 0 Å². The SMILES string of the molecule is CCCC(=O)N1CCCC(C(=O)c2cnn(-c3ccc(OC)cc3)c2N)C1. The lowest BCUT2D eigenvalue weighted by atomic mass is 9.90. The molecule has 2 aromatic rings. The summed E-state index contributed by atoms with van der Waals surface area (Å²) in [6.07, 6.45) is 4.46. The molecule has 1 saturated heterocycles. The van der Waals surface area contributed by atoms with Crippen molar-refractivity contribution in [1.29, 1.82) is 0 Å². The number of rotatable bonds is 6. The van der Waals surface area contributed by atoms with Gasteiger partial charge in [0.15, 0.2) is 5.78 Å². The molecule has 0 spiro atoms. The molecule has 0 saturated carbocycles. The first-order valence-corrected chi connectivity index (χ1v) is 9.35. The monoisotopic (exact) mass is 370 g/mol. The molecule has 2 N–H and O–H groups in total. The fourth-order valence-corrected chi connectivity index (χ4v) is 3.49. The minimum atomic E-state index is -0.227. The molecule has 0 aliphatic carbocycles. The number of Topliss-reactive ketones (excluding diaryl/α,β-unsaturated/α-hetero) is 1. The van der Waals surface area contributed by atoms with Gasteiger partial charge in [-0.1, -0.05) is 6.92 Å². The van der Waals surface area contributed by atoms with Crippen molar-refractivity contribution in [3.63, 3.8) is 0 Å². The highest BCUT2D eigenvalue weighted by Gasteiger charge is 2.30. The van der Waals surface area contributed by atoms with Crippen LogP contribution in [-0.2, 0) is 4.79 Å². The third-order valence-electron chi connectivity index (χ3n) is 5.00. The Bertz CT molecular complexity index is 813. The van der Waals surface area contributed by atoms with E-state index in [2.05, 4.69) is 5.10 Å². The van der Waals surface area contributed by atoms with Crippen molar-refractivity contribution in [2.75, 3.05) is 25.9 Å². The Balaban J connectivity index is 1.77. The van der Waals surface area contributed by atoms with Gasteiger partial charge in [-0.3, -0.25) is 9.59 Å². The summed E-state index contributed by atoms with van der Waals surface area (Å²) in [7, 11) is 1.60. The fourth-order valence-electron chi connectivity index (χ4n) is 3.49. The predicted octanol–water partition coefficient (Wildman–Crippen LogP) is 2.68. The zero-order valence-corrected chi connectivity index (χ0v) is 15.9. The molecule has 144 valence electrons. The number of piperidine rings is 1. The van der Waals surface area contributed by atoms with Crippen LogP contribution >= 0.6 is 0 Å². The molecule has 1 amide bonds. The summed E-state index contributed by atoms with van der Waals surface area (Å²) < 4.78 is 6.71. The molecule has 1 atom stereocenters. The maximum absolute atomic E-state index is 13.0. The summed E-state index contributed by atoms with van der Waals surface area (Å²) in [6, 6.07) is 7.30. The average Bonchev–Trinajstić information content (AvgIpc) is 3.09. The number of ether oxygens (including phenoxy) is 1. The zero-order valence-electron chi connectivity index (χ0n) is 15.9. The number of nitrogen functional groups attached to an aromatic ring is 1. The second kappa shape index (κ2) is 8.24. The topological polar surface area (TPSA) is 90.5 Å². The molecule has 2 heterocycles. The van der Waals surface area contributed by atoms with Crippen molar-refractivity contribution in [2.24, 2.45) is 5.92 Å². The lowest BCUT2D eigenvalue weighted by Gasteiger charge is -2.32. The first-order valence-electron chi connectivity index (χ1n) is 9.35. The third kappa shape index (κ3) is 3.97. The number of nitrogens with two attached hydrogens (primary N) is 1. The van der Waals surface area contributed by atoms with E-state index in [0.29, 0.717) is 24.3 Å². The van der Waals surface area contributed by atoms with Gasteiger partial charge < -0.3 is 15.4 Å². The highest BCUT2D eigenvalue weighted by Crippen LogP contribution is 2.26. The maximum atomic E-state index is 13.0. The molecule has 1 aromatic heterocycles. The van der Waals surface area contributed by atoms with Gasteiger partial charge in [-0.15, -0.1) is 0 Å². The standard InChI is InChI=1S/C20H26N4O3/c1-3-5-18(25)23-11-4-6-14(13-23)19(26)17-12-22-24(20(17)21)15-7-9-16(27-2)10-8-15/h7-10,12,14H,3-6,11,13,21H2,1-2H3. The van der Waals surface area contributed by atoms with Gasteiger partial charge in [-0.25, -0.2) is 4.68 Å². The highest BCUT2D eigenvalue weighted by molar-refractivity contribution is 6.02. The number of methoxy groups -OCH3 is 1. The van der Waals surface area contributed by atoms with E-state index < -0.39 is 0 Å². The zero-order chi connectivity index (χ0) is 19.4. The molecule has 0 radical (unpaired) electrons. The van der Waals surface area contributed by atoms with E-state index in [4.69, 9.17) is 10.5 Å². The van der Waals surface area contributed by atoms with Gasteiger partial charge in [0.25, 0.3) is 0 Å². The second-order valence-electron chi connectivity index (χ2n) is 6.85. The van der Waals surface area contributed by atoms with Crippen molar-refractivity contribution in [3.8, 4) is 11.4 Å². The van der Waals surface area contributed by atoms with Crippen LogP contribution in [0.15, 0.2) is 30.5 Å². The summed E-state index contributed by atoms with van der Waals surface area (Å²) in [6.45, 7) is 3.17. The van der Waals surface area contributed by atoms with Crippen molar-refractivity contribution in [2.45, 2.75) is 32.6 Å². The first kappa shape index (κ1) is 18.9. The minimum Gasteiger partial charge on any atom is -0.497 e. The number of nitrogens with zero attached hydrogens (tertiary/aromatic N) is 3. The number of hydrogen-bond acceptors (Lipinski definition) is 5. The lowest BCUT2D eigenvalue weighted by Crippen LogP contribution is -2.42. The van der Waals surface area contributed by atoms with Crippen LogP contribution in [0, 0.1) is 5.92 Å². The summed E-state index contributed by atoms with van der Waals surface area (Å²) in [5.41, 5.74) is 7.40. The average molecular weight is 370 g/mol. The van der Waals surface area contributed by atoms with E-state index in [9.17, 15) is 9.59 Å². The summed E-state index contributed by atoms with van der Waals surface area (Å²) in [4.78, 5) is 27.0. The van der Waals surface area contributed by atoms with E-state index >= 15 is 0 Å². The Kier molecular flexibility index (Phi) is 5.78. The molecule has 3 rings (SSSR count). The van der Waals surface area contributed by atoms with Gasteiger partial charge >= 0.3 is 0 Å². The summed E-state index contributed by atoms with van der Waals surface area (Å²) >= 11 is 0. The molecule has 7 heteroatoms. The van der Waals surface area contributed by atoms with Gasteiger partial charge in [0.1, 0.15) is 11.6 Å². The van der Waals surface area contributed by atoms with E-state index in [1.54, 1.807) is 16.7 Å². The van der Waals surface area contributed by atoms with Gasteiger partial charge in [0.2, 0.25) is 5.91 Å². The summed E-state index contributed by atoms with van der Waals surface area (Å²) in [5, 5.41) is 4.29. The van der Waals surface area contributed by atoms with Gasteiger partial charge in [-0.2, -0.15) is 5.10 Å². The normalized spacial score (nSPS) is 17.0. The van der Waals surface area contributed by atoms with E-state index in [-0.39, 0.29) is 17.6 Å². The molecular weight excluding hydrogens is 344 g/mol. The quantitative estimate of drug-likeness (QED) is 0.790. The van der Waals surface area contributed by atoms with E-state index in [0.717, 1.165) is 37.2 Å². The minimum absolute atomic E-state index is 0.0405. The van der Waals surface area contributed by atoms with Crippen LogP contribution in [0.5, 0.6) is 5.75 Å². The molecule has 0 bridgehead atoms. The number of benzene rings is 1. The smallest absolute Gasteiger partial charge is 0.222 e. The molecule has 1 unspecified atom stereocenters. The number of hydrogen-bond donors (Lipinski definition) is 1. The van der Waals surface area contributed by atoms with Gasteiger partial charge in [0, 0.05) is 25.4 Å². The Morgan fingerprint density at radius 3 is 2.70 bits per heavy atom. The van der Waals surface area contributed by atoms with Gasteiger partial charge in [-0.05, 0) is 43.5 Å². The molecule has 1 fully saturated rings. The first-order chi connectivity index (χ1) is 13.0. The van der Waals surface area contributed by atoms with E-state index in [1.807, 2.05) is 31.2 Å².